The Bertz CT molecular complexity index is 458. The van der Waals surface area contributed by atoms with Crippen molar-refractivity contribution in [2.24, 2.45) is 0 Å². The number of nitrogens with zero attached hydrogens (tertiary/aromatic N) is 3. The van der Waals surface area contributed by atoms with Crippen molar-refractivity contribution in [2.45, 2.75) is 5.75 Å². The predicted molar refractivity (Wildman–Crippen MR) is 53.8 cm³/mol. The molecule has 2 aromatic heterocycles. The average Bonchev–Trinajstić information content (AvgIpc) is 2.87. The van der Waals surface area contributed by atoms with Crippen molar-refractivity contribution in [3.8, 4) is 17.7 Å². The van der Waals surface area contributed by atoms with Gasteiger partial charge in [-0.05, 0) is 12.1 Å². The van der Waals surface area contributed by atoms with E-state index in [9.17, 15) is 0 Å². The highest BCUT2D eigenvalue weighted by atomic mass is 32.2. The van der Waals surface area contributed by atoms with Crippen LogP contribution in [0, 0.1) is 11.3 Å². The third kappa shape index (κ3) is 2.39. The Morgan fingerprint density at radius 1 is 1.53 bits per heavy atom. The van der Waals surface area contributed by atoms with Crippen molar-refractivity contribution in [1.82, 2.24) is 10.1 Å². The molecule has 2 aromatic rings. The van der Waals surface area contributed by atoms with Crippen molar-refractivity contribution in [1.29, 1.82) is 5.26 Å². The molecule has 15 heavy (non-hydrogen) atoms. The smallest absolute Gasteiger partial charge is 0.238 e. The van der Waals surface area contributed by atoms with Gasteiger partial charge >= 0.3 is 0 Å². The van der Waals surface area contributed by atoms with Crippen LogP contribution < -0.4 is 0 Å². The van der Waals surface area contributed by atoms with E-state index >= 15 is 0 Å². The highest BCUT2D eigenvalue weighted by Gasteiger charge is 2.10. The second-order valence-corrected chi connectivity index (χ2v) is 3.63. The molecular formula is C9H7N3O2S. The van der Waals surface area contributed by atoms with Crippen molar-refractivity contribution in [2.75, 3.05) is 5.75 Å². The topological polar surface area (TPSA) is 75.8 Å². The molecule has 0 N–H and O–H groups in total. The van der Waals surface area contributed by atoms with Gasteiger partial charge < -0.3 is 8.94 Å². The summed E-state index contributed by atoms with van der Waals surface area (Å²) in [6.45, 7) is 0. The molecule has 0 aliphatic rings. The molecule has 0 spiro atoms. The summed E-state index contributed by atoms with van der Waals surface area (Å²) < 4.78 is 10.1. The first kappa shape index (κ1) is 9.80. The highest BCUT2D eigenvalue weighted by molar-refractivity contribution is 7.98. The number of hydrogen-bond acceptors (Lipinski definition) is 6. The molecule has 6 heteroatoms. The van der Waals surface area contributed by atoms with Gasteiger partial charge in [0.2, 0.25) is 11.7 Å². The summed E-state index contributed by atoms with van der Waals surface area (Å²) in [6.07, 6.45) is 1.55. The van der Waals surface area contributed by atoms with Crippen molar-refractivity contribution >= 4 is 11.8 Å². The maximum Gasteiger partial charge on any atom is 0.238 e. The summed E-state index contributed by atoms with van der Waals surface area (Å²) in [4.78, 5) is 4.12. The van der Waals surface area contributed by atoms with Crippen LogP contribution in [0.25, 0.3) is 11.6 Å². The number of nitriles is 1. The maximum absolute atomic E-state index is 8.35. The lowest BCUT2D eigenvalue weighted by Crippen LogP contribution is -1.81. The van der Waals surface area contributed by atoms with Crippen molar-refractivity contribution < 1.29 is 8.94 Å². The number of rotatable bonds is 4. The van der Waals surface area contributed by atoms with Crippen LogP contribution in [0.2, 0.25) is 0 Å². The molecule has 0 bridgehead atoms. The highest BCUT2D eigenvalue weighted by Crippen LogP contribution is 2.17. The molecule has 0 radical (unpaired) electrons. The minimum atomic E-state index is 0.415. The van der Waals surface area contributed by atoms with Crippen LogP contribution in [-0.2, 0) is 5.75 Å². The molecule has 0 aliphatic heterocycles. The van der Waals surface area contributed by atoms with Gasteiger partial charge in [0.05, 0.1) is 23.8 Å². The van der Waals surface area contributed by atoms with Crippen molar-refractivity contribution in [3.05, 3.63) is 24.3 Å². The Labute approximate surface area is 90.1 Å². The fourth-order valence-corrected chi connectivity index (χ4v) is 1.49. The molecule has 2 heterocycles. The zero-order chi connectivity index (χ0) is 10.5. The van der Waals surface area contributed by atoms with Gasteiger partial charge in [0.25, 0.3) is 0 Å². The molecular weight excluding hydrogens is 214 g/mol. The molecule has 0 unspecified atom stereocenters. The second kappa shape index (κ2) is 4.66. The van der Waals surface area contributed by atoms with E-state index in [0.717, 1.165) is 0 Å². The fourth-order valence-electron chi connectivity index (χ4n) is 1.00. The zero-order valence-corrected chi connectivity index (χ0v) is 8.53. The average molecular weight is 221 g/mol. The van der Waals surface area contributed by atoms with E-state index in [1.165, 1.54) is 11.8 Å². The second-order valence-electron chi connectivity index (χ2n) is 2.64. The van der Waals surface area contributed by atoms with Crippen LogP contribution in [0.1, 0.15) is 5.89 Å². The SMILES string of the molecule is N#CCSCc1nc(-c2ccco2)no1. The third-order valence-corrected chi connectivity index (χ3v) is 2.39. The predicted octanol–water partition coefficient (Wildman–Crippen LogP) is 2.09. The molecule has 0 saturated heterocycles. The monoisotopic (exact) mass is 221 g/mol. The number of thioether (sulfide) groups is 1. The number of furan rings is 1. The Balaban J connectivity index is 2.02. The largest absolute Gasteiger partial charge is 0.461 e. The van der Waals surface area contributed by atoms with E-state index in [4.69, 9.17) is 14.2 Å². The van der Waals surface area contributed by atoms with E-state index in [1.807, 2.05) is 6.07 Å². The van der Waals surface area contributed by atoms with Crippen molar-refractivity contribution in [3.63, 3.8) is 0 Å². The number of aromatic nitrogens is 2. The van der Waals surface area contributed by atoms with Gasteiger partial charge in [-0.3, -0.25) is 0 Å². The van der Waals surface area contributed by atoms with Gasteiger partial charge in [-0.2, -0.15) is 10.2 Å². The van der Waals surface area contributed by atoms with Gasteiger partial charge in [-0.15, -0.1) is 11.8 Å². The van der Waals surface area contributed by atoms with Gasteiger partial charge in [0, 0.05) is 0 Å². The molecule has 5 nitrogen and oxygen atoms in total. The zero-order valence-electron chi connectivity index (χ0n) is 7.71. The first-order valence-corrected chi connectivity index (χ1v) is 5.37. The summed E-state index contributed by atoms with van der Waals surface area (Å²) in [5.74, 6) is 2.48. The molecule has 0 fully saturated rings. The molecule has 0 amide bonds. The first-order chi connectivity index (χ1) is 7.40. The molecule has 0 aliphatic carbocycles. The van der Waals surface area contributed by atoms with E-state index in [2.05, 4.69) is 10.1 Å². The van der Waals surface area contributed by atoms with Crippen LogP contribution in [0.3, 0.4) is 0 Å². The Kier molecular flexibility index (Phi) is 3.05. The van der Waals surface area contributed by atoms with E-state index in [-0.39, 0.29) is 0 Å². The van der Waals surface area contributed by atoms with Crippen LogP contribution >= 0.6 is 11.8 Å². The van der Waals surface area contributed by atoms with E-state index in [1.54, 1.807) is 18.4 Å². The summed E-state index contributed by atoms with van der Waals surface area (Å²) >= 11 is 1.43. The molecule has 2 rings (SSSR count). The van der Waals surface area contributed by atoms with Gasteiger partial charge in [-0.25, -0.2) is 0 Å². The minimum absolute atomic E-state index is 0.415. The third-order valence-electron chi connectivity index (χ3n) is 1.60. The number of hydrogen-bond donors (Lipinski definition) is 0. The lowest BCUT2D eigenvalue weighted by Gasteiger charge is -1.87. The summed E-state index contributed by atoms with van der Waals surface area (Å²) in [7, 11) is 0. The molecule has 0 aromatic carbocycles. The normalized spacial score (nSPS) is 10.1. The summed E-state index contributed by atoms with van der Waals surface area (Å²) in [6, 6.07) is 5.55. The molecule has 0 atom stereocenters. The van der Waals surface area contributed by atoms with Gasteiger partial charge in [0.15, 0.2) is 5.76 Å². The Hall–Kier alpha value is -1.74. The summed E-state index contributed by atoms with van der Waals surface area (Å²) in [5, 5.41) is 12.1. The molecule has 0 saturated carbocycles. The Morgan fingerprint density at radius 3 is 3.20 bits per heavy atom. The van der Waals surface area contributed by atoms with Gasteiger partial charge in [-0.1, -0.05) is 5.16 Å². The van der Waals surface area contributed by atoms with Crippen LogP contribution in [-0.4, -0.2) is 15.9 Å². The first-order valence-electron chi connectivity index (χ1n) is 4.21. The lowest BCUT2D eigenvalue weighted by molar-refractivity contribution is 0.390. The summed E-state index contributed by atoms with van der Waals surface area (Å²) in [5.41, 5.74) is 0. The minimum Gasteiger partial charge on any atom is -0.461 e. The Morgan fingerprint density at radius 2 is 2.47 bits per heavy atom. The van der Waals surface area contributed by atoms with Crippen LogP contribution in [0.5, 0.6) is 0 Å². The van der Waals surface area contributed by atoms with Crippen LogP contribution in [0.15, 0.2) is 27.3 Å². The van der Waals surface area contributed by atoms with E-state index < -0.39 is 0 Å². The van der Waals surface area contributed by atoms with Gasteiger partial charge in [0.1, 0.15) is 0 Å². The lowest BCUT2D eigenvalue weighted by atomic mass is 10.4. The molecule has 76 valence electrons. The quantitative estimate of drug-likeness (QED) is 0.736. The van der Waals surface area contributed by atoms with E-state index in [0.29, 0.717) is 29.0 Å². The maximum atomic E-state index is 8.35. The van der Waals surface area contributed by atoms with Crippen LogP contribution in [0.4, 0.5) is 0 Å². The standard InChI is InChI=1S/C9H7N3O2S/c10-3-5-15-6-8-11-9(12-14-8)7-2-1-4-13-7/h1-2,4H,5-6H2. The fraction of sp³-hybridized carbons (Fsp3) is 0.222.